The van der Waals surface area contributed by atoms with Gasteiger partial charge in [-0.3, -0.25) is 0 Å². The highest BCUT2D eigenvalue weighted by molar-refractivity contribution is 5.80. The highest BCUT2D eigenvalue weighted by Gasteiger charge is 2.61. The third-order valence-corrected chi connectivity index (χ3v) is 2.91. The summed E-state index contributed by atoms with van der Waals surface area (Å²) in [6.07, 6.45) is 1.88. The predicted molar refractivity (Wildman–Crippen MR) is 64.4 cm³/mol. The summed E-state index contributed by atoms with van der Waals surface area (Å²) < 4.78 is 10.6. The molecule has 90 valence electrons. The fourth-order valence-corrected chi connectivity index (χ4v) is 2.06. The van der Waals surface area contributed by atoms with Gasteiger partial charge < -0.3 is 9.47 Å². The van der Waals surface area contributed by atoms with E-state index in [1.165, 1.54) is 0 Å². The molecule has 3 heteroatoms. The zero-order valence-electron chi connectivity index (χ0n) is 9.89. The van der Waals surface area contributed by atoms with Gasteiger partial charge in [0.15, 0.2) is 6.10 Å². The summed E-state index contributed by atoms with van der Waals surface area (Å²) in [4.78, 5) is 11.7. The Balaban J connectivity index is 2.20. The largest absolute Gasteiger partial charge is 0.464 e. The number of rotatable bonds is 5. The van der Waals surface area contributed by atoms with Crippen molar-refractivity contribution in [3.8, 4) is 0 Å². The number of carbonyl (C=O) groups is 1. The van der Waals surface area contributed by atoms with Crippen LogP contribution in [-0.4, -0.2) is 18.7 Å². The second kappa shape index (κ2) is 4.72. The number of esters is 1. The number of hydrogen-bond acceptors (Lipinski definition) is 3. The van der Waals surface area contributed by atoms with Crippen LogP contribution in [0.3, 0.4) is 0 Å². The van der Waals surface area contributed by atoms with Crippen molar-refractivity contribution in [1.29, 1.82) is 0 Å². The fraction of sp³-hybridized carbons (Fsp3) is 0.357. The van der Waals surface area contributed by atoms with Crippen LogP contribution in [0.5, 0.6) is 0 Å². The van der Waals surface area contributed by atoms with Gasteiger partial charge in [-0.25, -0.2) is 4.79 Å². The van der Waals surface area contributed by atoms with Gasteiger partial charge in [-0.05, 0) is 12.5 Å². The number of benzene rings is 1. The van der Waals surface area contributed by atoms with Crippen LogP contribution >= 0.6 is 0 Å². The molecule has 1 aromatic carbocycles. The molecule has 1 heterocycles. The van der Waals surface area contributed by atoms with Crippen molar-refractivity contribution in [1.82, 2.24) is 0 Å². The maximum atomic E-state index is 11.7. The molecule has 0 unspecified atom stereocenters. The van der Waals surface area contributed by atoms with E-state index >= 15 is 0 Å². The van der Waals surface area contributed by atoms with Crippen LogP contribution in [0, 0.1) is 0 Å². The topological polar surface area (TPSA) is 38.8 Å². The van der Waals surface area contributed by atoms with Crippen molar-refractivity contribution in [2.45, 2.75) is 25.0 Å². The van der Waals surface area contributed by atoms with E-state index in [1.807, 2.05) is 30.3 Å². The molecule has 1 aromatic rings. The predicted octanol–water partition coefficient (Wildman–Crippen LogP) is 2.42. The lowest BCUT2D eigenvalue weighted by Crippen LogP contribution is -2.20. The third kappa shape index (κ3) is 2.11. The molecule has 1 aliphatic heterocycles. The summed E-state index contributed by atoms with van der Waals surface area (Å²) >= 11 is 0. The van der Waals surface area contributed by atoms with Crippen LogP contribution in [0.4, 0.5) is 0 Å². The Hall–Kier alpha value is -1.61. The second-order valence-corrected chi connectivity index (χ2v) is 4.00. The van der Waals surface area contributed by atoms with E-state index in [2.05, 4.69) is 6.58 Å². The van der Waals surface area contributed by atoms with Crippen molar-refractivity contribution >= 4 is 5.97 Å². The van der Waals surface area contributed by atoms with Gasteiger partial charge in [0.25, 0.3) is 0 Å². The van der Waals surface area contributed by atoms with E-state index in [0.717, 1.165) is 5.56 Å². The van der Waals surface area contributed by atoms with Gasteiger partial charge in [-0.15, -0.1) is 6.58 Å². The average Bonchev–Trinajstić information content (AvgIpc) is 3.07. The van der Waals surface area contributed by atoms with Crippen molar-refractivity contribution in [2.75, 3.05) is 6.61 Å². The van der Waals surface area contributed by atoms with Crippen LogP contribution in [0.2, 0.25) is 0 Å². The van der Waals surface area contributed by atoms with Gasteiger partial charge in [0.1, 0.15) is 5.60 Å². The Morgan fingerprint density at radius 2 is 2.24 bits per heavy atom. The molecule has 0 radical (unpaired) electrons. The van der Waals surface area contributed by atoms with Crippen molar-refractivity contribution in [3.05, 3.63) is 48.6 Å². The molecule has 17 heavy (non-hydrogen) atoms. The summed E-state index contributed by atoms with van der Waals surface area (Å²) in [5.74, 6) is -0.293. The summed E-state index contributed by atoms with van der Waals surface area (Å²) in [7, 11) is 0. The van der Waals surface area contributed by atoms with E-state index < -0.39 is 11.7 Å². The Bertz CT molecular complexity index is 413. The molecule has 2 rings (SSSR count). The normalized spacial score (nSPS) is 26.3. The first-order valence-corrected chi connectivity index (χ1v) is 5.75. The van der Waals surface area contributed by atoms with Gasteiger partial charge in [-0.1, -0.05) is 36.4 Å². The van der Waals surface area contributed by atoms with Gasteiger partial charge in [0.05, 0.1) is 6.61 Å². The lowest BCUT2D eigenvalue weighted by Gasteiger charge is -2.10. The summed E-state index contributed by atoms with van der Waals surface area (Å²) in [6.45, 7) is 5.88. The monoisotopic (exact) mass is 232 g/mol. The number of carbonyl (C=O) groups excluding carboxylic acids is 1. The lowest BCUT2D eigenvalue weighted by atomic mass is 9.92. The summed E-state index contributed by atoms with van der Waals surface area (Å²) in [6, 6.07) is 9.73. The van der Waals surface area contributed by atoms with E-state index in [9.17, 15) is 4.79 Å². The first-order chi connectivity index (χ1) is 8.24. The first-order valence-electron chi connectivity index (χ1n) is 5.75. The Labute approximate surface area is 101 Å². The highest BCUT2D eigenvalue weighted by atomic mass is 16.7. The molecule has 2 atom stereocenters. The van der Waals surface area contributed by atoms with Crippen LogP contribution in [0.1, 0.15) is 18.9 Å². The summed E-state index contributed by atoms with van der Waals surface area (Å²) in [5, 5.41) is 0. The molecule has 3 nitrogen and oxygen atoms in total. The Morgan fingerprint density at radius 1 is 1.53 bits per heavy atom. The van der Waals surface area contributed by atoms with Gasteiger partial charge >= 0.3 is 5.97 Å². The molecule has 0 N–H and O–H groups in total. The first kappa shape index (κ1) is 11.9. The lowest BCUT2D eigenvalue weighted by molar-refractivity contribution is -0.144. The van der Waals surface area contributed by atoms with E-state index in [-0.39, 0.29) is 5.97 Å². The molecule has 0 saturated carbocycles. The smallest absolute Gasteiger partial charge is 0.338 e. The van der Waals surface area contributed by atoms with Crippen molar-refractivity contribution < 1.29 is 14.3 Å². The van der Waals surface area contributed by atoms with Crippen LogP contribution in [0.25, 0.3) is 0 Å². The van der Waals surface area contributed by atoms with Crippen LogP contribution in [-0.2, 0) is 19.9 Å². The molecular weight excluding hydrogens is 216 g/mol. The van der Waals surface area contributed by atoms with E-state index in [1.54, 1.807) is 13.0 Å². The molecule has 1 saturated heterocycles. The maximum absolute atomic E-state index is 11.7. The number of hydrogen-bond donors (Lipinski definition) is 0. The highest BCUT2D eigenvalue weighted by Crippen LogP contribution is 2.49. The van der Waals surface area contributed by atoms with Crippen molar-refractivity contribution in [2.24, 2.45) is 0 Å². The SMILES string of the molecule is C=CC[C@@]1(c2ccccc2)O[C@@H]1C(=O)OCC. The molecule has 0 bridgehead atoms. The van der Waals surface area contributed by atoms with Crippen LogP contribution in [0.15, 0.2) is 43.0 Å². The molecule has 0 aromatic heterocycles. The average molecular weight is 232 g/mol. The van der Waals surface area contributed by atoms with Gasteiger partial charge in [0.2, 0.25) is 0 Å². The fourth-order valence-electron chi connectivity index (χ4n) is 2.06. The van der Waals surface area contributed by atoms with Crippen LogP contribution < -0.4 is 0 Å². The Morgan fingerprint density at radius 3 is 2.82 bits per heavy atom. The molecule has 1 aliphatic rings. The van der Waals surface area contributed by atoms with E-state index in [4.69, 9.17) is 9.47 Å². The third-order valence-electron chi connectivity index (χ3n) is 2.91. The maximum Gasteiger partial charge on any atom is 0.338 e. The number of ether oxygens (including phenoxy) is 2. The Kier molecular flexibility index (Phi) is 3.29. The molecule has 0 spiro atoms. The van der Waals surface area contributed by atoms with E-state index in [0.29, 0.717) is 13.0 Å². The molecule has 1 fully saturated rings. The van der Waals surface area contributed by atoms with Crippen molar-refractivity contribution in [3.63, 3.8) is 0 Å². The minimum atomic E-state index is -0.560. The standard InChI is InChI=1S/C14H16O3/c1-3-10-14(11-8-6-5-7-9-11)12(17-14)13(15)16-4-2/h3,5-9,12H,1,4,10H2,2H3/t12-,14+/m1/s1. The minimum absolute atomic E-state index is 0.293. The molecule has 0 aliphatic carbocycles. The quantitative estimate of drug-likeness (QED) is 0.444. The van der Waals surface area contributed by atoms with Gasteiger partial charge in [0, 0.05) is 6.42 Å². The zero-order chi connectivity index (χ0) is 12.3. The summed E-state index contributed by atoms with van der Waals surface area (Å²) in [5.41, 5.74) is 0.438. The number of epoxide rings is 1. The zero-order valence-corrected chi connectivity index (χ0v) is 9.89. The minimum Gasteiger partial charge on any atom is -0.464 e. The second-order valence-electron chi connectivity index (χ2n) is 4.00. The molecule has 0 amide bonds. The van der Waals surface area contributed by atoms with Gasteiger partial charge in [-0.2, -0.15) is 0 Å². The molecular formula is C14H16O3.